The van der Waals surface area contributed by atoms with Crippen LogP contribution in [0.5, 0.6) is 0 Å². The van der Waals surface area contributed by atoms with Crippen molar-refractivity contribution in [3.63, 3.8) is 0 Å². The van der Waals surface area contributed by atoms with Gasteiger partial charge in [0.1, 0.15) is 6.67 Å². The third-order valence-electron chi connectivity index (χ3n) is 3.25. The van der Waals surface area contributed by atoms with Crippen LogP contribution in [-0.2, 0) is 0 Å². The molecule has 0 radical (unpaired) electrons. The Kier molecular flexibility index (Phi) is 3.78. The van der Waals surface area contributed by atoms with Gasteiger partial charge >= 0.3 is 6.09 Å². The molecule has 0 spiro atoms. The van der Waals surface area contributed by atoms with E-state index in [1.807, 2.05) is 32.7 Å². The molecular formula is C11H21FN2O2. The predicted molar refractivity (Wildman–Crippen MR) is 60.4 cm³/mol. The minimum absolute atomic E-state index is 0.260. The summed E-state index contributed by atoms with van der Waals surface area (Å²) in [5.74, 6) is 0. The Balaban J connectivity index is 3.01. The normalized spacial score (nSPS) is 28.2. The lowest BCUT2D eigenvalue weighted by molar-refractivity contribution is -0.0189. The SMILES string of the molecule is CN1CCN(C(=O)O)C(C(C)(C)C)C1CF. The second-order valence-electron chi connectivity index (χ2n) is 5.49. The summed E-state index contributed by atoms with van der Waals surface area (Å²) < 4.78 is 13.1. The Hall–Kier alpha value is -0.840. The Morgan fingerprint density at radius 1 is 1.44 bits per heavy atom. The summed E-state index contributed by atoms with van der Waals surface area (Å²) in [6.45, 7) is 6.39. The number of amides is 1. The van der Waals surface area contributed by atoms with Crippen molar-refractivity contribution in [1.82, 2.24) is 9.80 Å². The molecule has 0 bridgehead atoms. The van der Waals surface area contributed by atoms with Gasteiger partial charge in [-0.25, -0.2) is 9.18 Å². The summed E-state index contributed by atoms with van der Waals surface area (Å²) in [7, 11) is 1.85. The Bertz CT molecular complexity index is 265. The molecule has 0 aromatic rings. The number of halogens is 1. The molecule has 2 unspecified atom stereocenters. The molecule has 1 heterocycles. The van der Waals surface area contributed by atoms with Crippen molar-refractivity contribution < 1.29 is 14.3 Å². The minimum Gasteiger partial charge on any atom is -0.465 e. The molecule has 1 saturated heterocycles. The largest absolute Gasteiger partial charge is 0.465 e. The van der Waals surface area contributed by atoms with E-state index in [4.69, 9.17) is 5.11 Å². The Labute approximate surface area is 96.0 Å². The lowest BCUT2D eigenvalue weighted by atomic mass is 9.80. The molecule has 1 fully saturated rings. The summed E-state index contributed by atoms with van der Waals surface area (Å²) in [5.41, 5.74) is -0.260. The third-order valence-corrected chi connectivity index (χ3v) is 3.25. The zero-order chi connectivity index (χ0) is 12.5. The maximum Gasteiger partial charge on any atom is 0.407 e. The predicted octanol–water partition coefficient (Wildman–Crippen LogP) is 1.66. The number of rotatable bonds is 1. The van der Waals surface area contributed by atoms with Crippen LogP contribution in [0.4, 0.5) is 9.18 Å². The van der Waals surface area contributed by atoms with E-state index < -0.39 is 12.8 Å². The van der Waals surface area contributed by atoms with Crippen molar-refractivity contribution in [3.8, 4) is 0 Å². The van der Waals surface area contributed by atoms with Crippen molar-refractivity contribution in [2.24, 2.45) is 5.41 Å². The van der Waals surface area contributed by atoms with Crippen LogP contribution in [0.15, 0.2) is 0 Å². The average Bonchev–Trinajstić information content (AvgIpc) is 2.15. The molecule has 1 N–H and O–H groups in total. The van der Waals surface area contributed by atoms with Gasteiger partial charge in [-0.2, -0.15) is 0 Å². The summed E-state index contributed by atoms with van der Waals surface area (Å²) >= 11 is 0. The van der Waals surface area contributed by atoms with Gasteiger partial charge in [0.25, 0.3) is 0 Å². The fraction of sp³-hybridized carbons (Fsp3) is 0.909. The number of hydrogen-bond acceptors (Lipinski definition) is 2. The molecule has 1 amide bonds. The Morgan fingerprint density at radius 3 is 2.38 bits per heavy atom. The van der Waals surface area contributed by atoms with Crippen LogP contribution >= 0.6 is 0 Å². The monoisotopic (exact) mass is 232 g/mol. The minimum atomic E-state index is -0.952. The highest BCUT2D eigenvalue weighted by Crippen LogP contribution is 2.31. The molecule has 2 atom stereocenters. The van der Waals surface area contributed by atoms with E-state index in [2.05, 4.69) is 0 Å². The molecule has 16 heavy (non-hydrogen) atoms. The standard InChI is InChI=1S/C11H21FN2O2/c1-11(2,3)9-8(7-12)13(4)5-6-14(9)10(15)16/h8-9H,5-7H2,1-4H3,(H,15,16). The molecule has 1 rings (SSSR count). The van der Waals surface area contributed by atoms with E-state index in [0.29, 0.717) is 13.1 Å². The maximum absolute atomic E-state index is 13.1. The summed E-state index contributed by atoms with van der Waals surface area (Å²) in [6, 6.07) is -0.640. The number of piperazine rings is 1. The van der Waals surface area contributed by atoms with Crippen LogP contribution in [0, 0.1) is 5.41 Å². The van der Waals surface area contributed by atoms with Crippen LogP contribution in [0.1, 0.15) is 20.8 Å². The molecule has 0 aromatic heterocycles. The van der Waals surface area contributed by atoms with Crippen LogP contribution in [0.3, 0.4) is 0 Å². The van der Waals surface area contributed by atoms with Gasteiger partial charge in [0.2, 0.25) is 0 Å². The van der Waals surface area contributed by atoms with Gasteiger partial charge in [-0.05, 0) is 12.5 Å². The molecule has 1 aliphatic rings. The van der Waals surface area contributed by atoms with Gasteiger partial charge in [0.15, 0.2) is 0 Å². The molecule has 0 aromatic carbocycles. The van der Waals surface area contributed by atoms with Crippen LogP contribution in [-0.4, -0.2) is 59.9 Å². The number of hydrogen-bond donors (Lipinski definition) is 1. The van der Waals surface area contributed by atoms with Crippen molar-refractivity contribution in [1.29, 1.82) is 0 Å². The topological polar surface area (TPSA) is 43.8 Å². The van der Waals surface area contributed by atoms with Crippen molar-refractivity contribution >= 4 is 6.09 Å². The number of alkyl halides is 1. The molecule has 0 saturated carbocycles. The smallest absolute Gasteiger partial charge is 0.407 e. The fourth-order valence-electron chi connectivity index (χ4n) is 2.48. The zero-order valence-corrected chi connectivity index (χ0v) is 10.4. The van der Waals surface area contributed by atoms with Crippen molar-refractivity contribution in [2.45, 2.75) is 32.9 Å². The summed E-state index contributed by atoms with van der Waals surface area (Å²) in [6.07, 6.45) is -0.952. The first kappa shape index (κ1) is 13.2. The number of carbonyl (C=O) groups is 1. The van der Waals surface area contributed by atoms with E-state index >= 15 is 0 Å². The first-order chi connectivity index (χ1) is 7.29. The van der Waals surface area contributed by atoms with Gasteiger partial charge in [0.05, 0.1) is 12.1 Å². The van der Waals surface area contributed by atoms with Gasteiger partial charge in [-0.3, -0.25) is 4.90 Å². The highest BCUT2D eigenvalue weighted by atomic mass is 19.1. The summed E-state index contributed by atoms with van der Waals surface area (Å²) in [4.78, 5) is 14.5. The van der Waals surface area contributed by atoms with E-state index in [0.717, 1.165) is 0 Å². The van der Waals surface area contributed by atoms with Gasteiger partial charge in [-0.15, -0.1) is 0 Å². The van der Waals surface area contributed by atoms with E-state index in [-0.39, 0.29) is 17.5 Å². The van der Waals surface area contributed by atoms with Gasteiger partial charge < -0.3 is 10.0 Å². The number of likely N-dealkylation sites (N-methyl/N-ethyl adjacent to an activating group) is 1. The molecule has 0 aliphatic carbocycles. The quantitative estimate of drug-likeness (QED) is 0.748. The second-order valence-corrected chi connectivity index (χ2v) is 5.49. The molecule has 94 valence electrons. The van der Waals surface area contributed by atoms with Gasteiger partial charge in [-0.1, -0.05) is 20.8 Å². The van der Waals surface area contributed by atoms with Gasteiger partial charge in [0, 0.05) is 13.1 Å². The van der Waals surface area contributed by atoms with Crippen molar-refractivity contribution in [2.75, 3.05) is 26.8 Å². The molecule has 4 nitrogen and oxygen atoms in total. The summed E-state index contributed by atoms with van der Waals surface area (Å²) in [5, 5.41) is 9.16. The highest BCUT2D eigenvalue weighted by molar-refractivity contribution is 5.66. The first-order valence-corrected chi connectivity index (χ1v) is 5.54. The fourth-order valence-corrected chi connectivity index (χ4v) is 2.48. The lowest BCUT2D eigenvalue weighted by Crippen LogP contribution is -2.64. The van der Waals surface area contributed by atoms with Crippen LogP contribution in [0.2, 0.25) is 0 Å². The van der Waals surface area contributed by atoms with E-state index in [1.165, 1.54) is 4.90 Å². The second kappa shape index (κ2) is 4.57. The molecule has 1 aliphatic heterocycles. The number of nitrogens with zero attached hydrogens (tertiary/aromatic N) is 2. The Morgan fingerprint density at radius 2 is 2.00 bits per heavy atom. The van der Waals surface area contributed by atoms with Crippen LogP contribution in [0.25, 0.3) is 0 Å². The highest BCUT2D eigenvalue weighted by Gasteiger charge is 2.43. The van der Waals surface area contributed by atoms with E-state index in [1.54, 1.807) is 0 Å². The molecule has 5 heteroatoms. The number of carboxylic acid groups (broad SMARTS) is 1. The van der Waals surface area contributed by atoms with Crippen molar-refractivity contribution in [3.05, 3.63) is 0 Å². The molecular weight excluding hydrogens is 211 g/mol. The lowest BCUT2D eigenvalue weighted by Gasteiger charge is -2.49. The first-order valence-electron chi connectivity index (χ1n) is 5.54. The van der Waals surface area contributed by atoms with Crippen LogP contribution < -0.4 is 0 Å². The van der Waals surface area contributed by atoms with E-state index in [9.17, 15) is 9.18 Å². The maximum atomic E-state index is 13.1. The third kappa shape index (κ3) is 2.45. The zero-order valence-electron chi connectivity index (χ0n) is 10.4. The average molecular weight is 232 g/mol.